The van der Waals surface area contributed by atoms with E-state index in [-0.39, 0.29) is 12.0 Å². The van der Waals surface area contributed by atoms with Gasteiger partial charge in [-0.2, -0.15) is 5.10 Å². The summed E-state index contributed by atoms with van der Waals surface area (Å²) in [5, 5.41) is 14.0. The molecule has 0 saturated carbocycles. The first-order valence-corrected chi connectivity index (χ1v) is 5.71. The van der Waals surface area contributed by atoms with Gasteiger partial charge in [0.2, 0.25) is 0 Å². The van der Waals surface area contributed by atoms with Gasteiger partial charge < -0.3 is 5.11 Å². The monoisotopic (exact) mass is 270 g/mol. The van der Waals surface area contributed by atoms with Gasteiger partial charge in [-0.25, -0.2) is 13.2 Å². The lowest BCUT2D eigenvalue weighted by atomic mass is 10.0. The highest BCUT2D eigenvalue weighted by atomic mass is 19.2. The molecule has 0 amide bonds. The number of aromatic nitrogens is 2. The fraction of sp³-hybridized carbons (Fsp3) is 0.308. The van der Waals surface area contributed by atoms with E-state index in [1.807, 2.05) is 0 Å². The van der Waals surface area contributed by atoms with Crippen molar-refractivity contribution in [3.63, 3.8) is 0 Å². The van der Waals surface area contributed by atoms with Gasteiger partial charge in [0.05, 0.1) is 11.8 Å². The summed E-state index contributed by atoms with van der Waals surface area (Å²) in [7, 11) is 1.69. The average molecular weight is 270 g/mol. The number of hydrogen-bond donors (Lipinski definition) is 1. The van der Waals surface area contributed by atoms with Crippen molar-refractivity contribution in [2.75, 3.05) is 0 Å². The summed E-state index contributed by atoms with van der Waals surface area (Å²) in [6.45, 7) is 1.79. The zero-order valence-electron chi connectivity index (χ0n) is 10.5. The molecule has 1 aromatic carbocycles. The van der Waals surface area contributed by atoms with Gasteiger partial charge in [-0.15, -0.1) is 0 Å². The lowest BCUT2D eigenvalue weighted by Crippen LogP contribution is -2.09. The maximum atomic E-state index is 13.5. The third kappa shape index (κ3) is 2.63. The number of halogens is 3. The maximum absolute atomic E-state index is 13.5. The molecule has 0 aliphatic carbocycles. The fourth-order valence-electron chi connectivity index (χ4n) is 1.96. The highest BCUT2D eigenvalue weighted by Crippen LogP contribution is 2.24. The molecule has 2 rings (SSSR count). The van der Waals surface area contributed by atoms with Crippen molar-refractivity contribution >= 4 is 0 Å². The fourth-order valence-corrected chi connectivity index (χ4v) is 1.96. The van der Waals surface area contributed by atoms with Gasteiger partial charge in [0, 0.05) is 24.7 Å². The third-order valence-corrected chi connectivity index (χ3v) is 2.93. The van der Waals surface area contributed by atoms with Crippen molar-refractivity contribution in [2.45, 2.75) is 19.4 Å². The number of aryl methyl sites for hydroxylation is 2. The molecule has 1 atom stereocenters. The number of aliphatic hydroxyl groups is 1. The van der Waals surface area contributed by atoms with E-state index in [9.17, 15) is 18.3 Å². The second kappa shape index (κ2) is 5.05. The second-order valence-electron chi connectivity index (χ2n) is 4.39. The Morgan fingerprint density at radius 1 is 1.26 bits per heavy atom. The Balaban J connectivity index is 2.28. The average Bonchev–Trinajstić information content (AvgIpc) is 2.65. The van der Waals surface area contributed by atoms with Crippen molar-refractivity contribution in [2.24, 2.45) is 7.05 Å². The molecule has 1 heterocycles. The van der Waals surface area contributed by atoms with Crippen molar-refractivity contribution in [3.05, 3.63) is 52.6 Å². The first-order valence-electron chi connectivity index (χ1n) is 5.71. The molecule has 0 bridgehead atoms. The van der Waals surface area contributed by atoms with E-state index in [1.165, 1.54) is 0 Å². The molecule has 0 spiro atoms. The maximum Gasteiger partial charge on any atom is 0.194 e. The third-order valence-electron chi connectivity index (χ3n) is 2.93. The molecule has 0 aliphatic rings. The normalized spacial score (nSPS) is 12.7. The first kappa shape index (κ1) is 13.6. The Kier molecular flexibility index (Phi) is 3.61. The quantitative estimate of drug-likeness (QED) is 0.870. The van der Waals surface area contributed by atoms with E-state index in [0.717, 1.165) is 17.8 Å². The van der Waals surface area contributed by atoms with Crippen LogP contribution in [0.2, 0.25) is 0 Å². The summed E-state index contributed by atoms with van der Waals surface area (Å²) in [6.07, 6.45) is -1.19. The van der Waals surface area contributed by atoms with Gasteiger partial charge in [0.1, 0.15) is 0 Å². The molecule has 3 nitrogen and oxygen atoms in total. The van der Waals surface area contributed by atoms with Crippen LogP contribution in [0.15, 0.2) is 18.2 Å². The molecule has 1 unspecified atom stereocenters. The van der Waals surface area contributed by atoms with Crippen LogP contribution in [0.5, 0.6) is 0 Å². The summed E-state index contributed by atoms with van der Waals surface area (Å²) in [5.41, 5.74) is 1.17. The molecule has 0 saturated heterocycles. The Morgan fingerprint density at radius 3 is 2.53 bits per heavy atom. The van der Waals surface area contributed by atoms with Crippen LogP contribution in [0.25, 0.3) is 0 Å². The van der Waals surface area contributed by atoms with Crippen molar-refractivity contribution in [3.8, 4) is 0 Å². The van der Waals surface area contributed by atoms with Gasteiger partial charge in [0.15, 0.2) is 17.5 Å². The van der Waals surface area contributed by atoms with Crippen molar-refractivity contribution < 1.29 is 18.3 Å². The molecule has 1 N–H and O–H groups in total. The topological polar surface area (TPSA) is 38.0 Å². The highest BCUT2D eigenvalue weighted by Gasteiger charge is 2.20. The van der Waals surface area contributed by atoms with E-state index >= 15 is 0 Å². The Bertz CT molecular complexity index is 610. The zero-order valence-corrected chi connectivity index (χ0v) is 10.5. The molecular weight excluding hydrogens is 257 g/mol. The van der Waals surface area contributed by atoms with Gasteiger partial charge >= 0.3 is 0 Å². The first-order chi connectivity index (χ1) is 8.90. The lowest BCUT2D eigenvalue weighted by Gasteiger charge is -2.12. The van der Waals surface area contributed by atoms with Crippen LogP contribution in [-0.4, -0.2) is 14.9 Å². The molecular formula is C13H13F3N2O. The Morgan fingerprint density at radius 2 is 1.95 bits per heavy atom. The molecule has 0 aliphatic heterocycles. The molecule has 19 heavy (non-hydrogen) atoms. The minimum atomic E-state index is -1.57. The molecule has 102 valence electrons. The summed E-state index contributed by atoms with van der Waals surface area (Å²) >= 11 is 0. The van der Waals surface area contributed by atoms with E-state index in [4.69, 9.17) is 0 Å². The molecule has 0 fully saturated rings. The Hall–Kier alpha value is -1.82. The summed E-state index contributed by atoms with van der Waals surface area (Å²) in [4.78, 5) is 0. The van der Waals surface area contributed by atoms with Crippen LogP contribution in [0.3, 0.4) is 0 Å². The number of nitrogens with zero attached hydrogens (tertiary/aromatic N) is 2. The molecule has 1 aromatic heterocycles. The Labute approximate surface area is 108 Å². The number of rotatable bonds is 3. The second-order valence-corrected chi connectivity index (χ2v) is 4.39. The van der Waals surface area contributed by atoms with Crippen LogP contribution in [0.1, 0.15) is 23.1 Å². The standard InChI is InChI=1S/C13H13F3N2O/c1-7-5-8(18(2)17-7)6-11(19)9-3-4-10(14)13(16)12(9)15/h3-5,11,19H,6H2,1-2H3. The predicted octanol–water partition coefficient (Wildman–Crippen LogP) is 2.42. The molecule has 0 radical (unpaired) electrons. The van der Waals surface area contributed by atoms with Crippen molar-refractivity contribution in [1.29, 1.82) is 0 Å². The van der Waals surface area contributed by atoms with Gasteiger partial charge in [-0.3, -0.25) is 4.68 Å². The number of benzene rings is 1. The molecule has 2 aromatic rings. The number of hydrogen-bond acceptors (Lipinski definition) is 2. The van der Waals surface area contributed by atoms with E-state index < -0.39 is 23.6 Å². The summed E-state index contributed by atoms with van der Waals surface area (Å²) in [6, 6.07) is 3.58. The van der Waals surface area contributed by atoms with E-state index in [1.54, 1.807) is 24.7 Å². The lowest BCUT2D eigenvalue weighted by molar-refractivity contribution is 0.169. The van der Waals surface area contributed by atoms with Crippen LogP contribution in [0.4, 0.5) is 13.2 Å². The smallest absolute Gasteiger partial charge is 0.194 e. The zero-order chi connectivity index (χ0) is 14.2. The SMILES string of the molecule is Cc1cc(CC(O)c2ccc(F)c(F)c2F)n(C)n1. The van der Waals surface area contributed by atoms with Crippen LogP contribution < -0.4 is 0 Å². The highest BCUT2D eigenvalue weighted by molar-refractivity contribution is 5.24. The summed E-state index contributed by atoms with van der Waals surface area (Å²) < 4.78 is 41.0. The van der Waals surface area contributed by atoms with Gasteiger partial charge in [-0.1, -0.05) is 6.07 Å². The minimum absolute atomic E-state index is 0.0688. The predicted molar refractivity (Wildman–Crippen MR) is 62.9 cm³/mol. The van der Waals surface area contributed by atoms with Crippen LogP contribution in [-0.2, 0) is 13.5 Å². The minimum Gasteiger partial charge on any atom is -0.388 e. The number of aliphatic hydroxyl groups excluding tert-OH is 1. The van der Waals surface area contributed by atoms with Gasteiger partial charge in [-0.05, 0) is 19.1 Å². The summed E-state index contributed by atoms with van der Waals surface area (Å²) in [5.74, 6) is -4.20. The van der Waals surface area contributed by atoms with Crippen LogP contribution >= 0.6 is 0 Å². The van der Waals surface area contributed by atoms with Crippen LogP contribution in [0, 0.1) is 24.4 Å². The van der Waals surface area contributed by atoms with E-state index in [0.29, 0.717) is 5.69 Å². The largest absolute Gasteiger partial charge is 0.388 e. The van der Waals surface area contributed by atoms with Gasteiger partial charge in [0.25, 0.3) is 0 Å². The molecule has 6 heteroatoms. The van der Waals surface area contributed by atoms with Crippen molar-refractivity contribution in [1.82, 2.24) is 9.78 Å². The van der Waals surface area contributed by atoms with E-state index in [2.05, 4.69) is 5.10 Å².